The van der Waals surface area contributed by atoms with Gasteiger partial charge in [-0.1, -0.05) is 11.6 Å². The molecule has 0 saturated heterocycles. The van der Waals surface area contributed by atoms with Gasteiger partial charge in [0, 0.05) is 50.8 Å². The first kappa shape index (κ1) is 28.1. The number of ether oxygens (including phenoxy) is 1. The molecule has 0 spiro atoms. The molecule has 0 aliphatic carbocycles. The smallest absolute Gasteiger partial charge is 0.416 e. The minimum Gasteiger partial charge on any atom is -0.496 e. The van der Waals surface area contributed by atoms with E-state index in [0.717, 1.165) is 12.1 Å². The molecule has 43 heavy (non-hydrogen) atoms. The van der Waals surface area contributed by atoms with Crippen LogP contribution >= 0.6 is 11.6 Å². The number of carbonyl (C=O) groups is 2. The van der Waals surface area contributed by atoms with Crippen LogP contribution in [0.5, 0.6) is 5.75 Å². The molecular formula is C29H17ClF5N5O3. The Morgan fingerprint density at radius 1 is 1.05 bits per heavy atom. The lowest BCUT2D eigenvalue weighted by atomic mass is 9.92. The fourth-order valence-electron chi connectivity index (χ4n) is 4.97. The van der Waals surface area contributed by atoms with Crippen LogP contribution in [0.2, 0.25) is 5.02 Å². The molecule has 1 atom stereocenters. The van der Waals surface area contributed by atoms with Crippen molar-refractivity contribution in [2.24, 2.45) is 0 Å². The van der Waals surface area contributed by atoms with Crippen molar-refractivity contribution in [1.29, 1.82) is 0 Å². The van der Waals surface area contributed by atoms with Crippen LogP contribution in [-0.4, -0.2) is 33.5 Å². The average molecular weight is 614 g/mol. The quantitative estimate of drug-likeness (QED) is 0.222. The standard InChI is InChI=1S/C29H17ClF5N5O3/c1-43-23-10-24-36-12-37-40(24)11-20(23)13-6-19-25(26(39-28(19)42)18-9-16(31)2-3-21(18)30)22(7-13)38-27(41)14-4-15(29(33,34)35)8-17(32)5-14/h2-12,26H,1H3,(H,38,41)(H,39,42). The Kier molecular flexibility index (Phi) is 6.76. The fourth-order valence-corrected chi connectivity index (χ4v) is 5.20. The van der Waals surface area contributed by atoms with Gasteiger partial charge in [0.15, 0.2) is 5.65 Å². The number of hydrogen-bond acceptors (Lipinski definition) is 5. The van der Waals surface area contributed by atoms with E-state index >= 15 is 0 Å². The van der Waals surface area contributed by atoms with E-state index in [0.29, 0.717) is 34.7 Å². The highest BCUT2D eigenvalue weighted by Crippen LogP contribution is 2.43. The van der Waals surface area contributed by atoms with Gasteiger partial charge in [-0.05, 0) is 54.1 Å². The molecule has 1 unspecified atom stereocenters. The summed E-state index contributed by atoms with van der Waals surface area (Å²) in [5, 5.41) is 9.46. The van der Waals surface area contributed by atoms with Crippen molar-refractivity contribution in [3.8, 4) is 16.9 Å². The summed E-state index contributed by atoms with van der Waals surface area (Å²) in [6.45, 7) is 0. The van der Waals surface area contributed by atoms with Crippen LogP contribution in [0.1, 0.15) is 43.4 Å². The minimum atomic E-state index is -4.91. The average Bonchev–Trinajstić information content (AvgIpc) is 3.56. The highest BCUT2D eigenvalue weighted by atomic mass is 35.5. The number of methoxy groups -OCH3 is 1. The Morgan fingerprint density at radius 3 is 2.58 bits per heavy atom. The molecule has 2 aromatic heterocycles. The molecule has 2 amide bonds. The van der Waals surface area contributed by atoms with Gasteiger partial charge >= 0.3 is 6.18 Å². The molecular weight excluding hydrogens is 597 g/mol. The molecule has 0 radical (unpaired) electrons. The Morgan fingerprint density at radius 2 is 1.84 bits per heavy atom. The largest absolute Gasteiger partial charge is 0.496 e. The first-order valence-corrected chi connectivity index (χ1v) is 12.8. The van der Waals surface area contributed by atoms with Crippen LogP contribution in [0.4, 0.5) is 27.6 Å². The van der Waals surface area contributed by atoms with Crippen molar-refractivity contribution in [1.82, 2.24) is 19.9 Å². The van der Waals surface area contributed by atoms with Crippen molar-refractivity contribution < 1.29 is 36.3 Å². The molecule has 3 aromatic carbocycles. The Hall–Kier alpha value is -5.04. The zero-order valence-corrected chi connectivity index (χ0v) is 22.5. The van der Waals surface area contributed by atoms with Crippen molar-refractivity contribution in [2.75, 3.05) is 12.4 Å². The fraction of sp³-hybridized carbons (Fsp3) is 0.103. The van der Waals surface area contributed by atoms with E-state index in [1.165, 1.54) is 36.2 Å². The van der Waals surface area contributed by atoms with E-state index in [1.807, 2.05) is 0 Å². The summed E-state index contributed by atoms with van der Waals surface area (Å²) in [7, 11) is 1.42. The number of benzene rings is 3. The zero-order valence-electron chi connectivity index (χ0n) is 21.8. The van der Waals surface area contributed by atoms with Crippen LogP contribution in [-0.2, 0) is 6.18 Å². The van der Waals surface area contributed by atoms with E-state index in [-0.39, 0.29) is 33.5 Å². The third kappa shape index (κ3) is 5.12. The number of alkyl halides is 3. The van der Waals surface area contributed by atoms with Gasteiger partial charge in [-0.2, -0.15) is 18.3 Å². The highest BCUT2D eigenvalue weighted by Gasteiger charge is 2.36. The number of pyridine rings is 1. The van der Waals surface area contributed by atoms with Gasteiger partial charge in [0.05, 0.1) is 18.7 Å². The predicted molar refractivity (Wildman–Crippen MR) is 145 cm³/mol. The van der Waals surface area contributed by atoms with Crippen molar-refractivity contribution in [3.05, 3.63) is 112 Å². The van der Waals surface area contributed by atoms with Crippen LogP contribution in [0.25, 0.3) is 16.8 Å². The van der Waals surface area contributed by atoms with Crippen molar-refractivity contribution in [2.45, 2.75) is 12.2 Å². The number of nitrogens with zero attached hydrogens (tertiary/aromatic N) is 3. The molecule has 8 nitrogen and oxygen atoms in total. The van der Waals surface area contributed by atoms with Crippen LogP contribution in [0, 0.1) is 11.6 Å². The number of halogens is 6. The van der Waals surface area contributed by atoms with Gasteiger partial charge in [0.1, 0.15) is 23.7 Å². The molecule has 5 aromatic rings. The number of amides is 2. The van der Waals surface area contributed by atoms with E-state index in [9.17, 15) is 31.5 Å². The second-order valence-electron chi connectivity index (χ2n) is 9.56. The summed E-state index contributed by atoms with van der Waals surface area (Å²) in [4.78, 5) is 30.7. The molecule has 1 aliphatic rings. The maximum absolute atomic E-state index is 14.3. The van der Waals surface area contributed by atoms with Crippen molar-refractivity contribution in [3.63, 3.8) is 0 Å². The summed E-state index contributed by atoms with van der Waals surface area (Å²) in [6, 6.07) is 8.49. The number of hydrogen-bond donors (Lipinski definition) is 2. The molecule has 2 N–H and O–H groups in total. The van der Waals surface area contributed by atoms with E-state index in [2.05, 4.69) is 20.7 Å². The molecule has 218 valence electrons. The first-order chi connectivity index (χ1) is 20.4. The summed E-state index contributed by atoms with van der Waals surface area (Å²) in [5.74, 6) is -3.27. The monoisotopic (exact) mass is 613 g/mol. The lowest BCUT2D eigenvalue weighted by Gasteiger charge is -2.19. The van der Waals surface area contributed by atoms with Gasteiger partial charge in [-0.15, -0.1) is 0 Å². The maximum atomic E-state index is 14.3. The van der Waals surface area contributed by atoms with Gasteiger partial charge in [-0.25, -0.2) is 18.3 Å². The van der Waals surface area contributed by atoms with E-state index in [4.69, 9.17) is 16.3 Å². The molecule has 3 heterocycles. The lowest BCUT2D eigenvalue weighted by molar-refractivity contribution is -0.137. The lowest BCUT2D eigenvalue weighted by Crippen LogP contribution is -2.21. The maximum Gasteiger partial charge on any atom is 0.416 e. The molecule has 14 heteroatoms. The second-order valence-corrected chi connectivity index (χ2v) is 9.96. The highest BCUT2D eigenvalue weighted by molar-refractivity contribution is 6.31. The molecule has 1 aliphatic heterocycles. The Bertz CT molecular complexity index is 1960. The van der Waals surface area contributed by atoms with Crippen LogP contribution in [0.3, 0.4) is 0 Å². The number of anilines is 1. The number of nitrogens with one attached hydrogen (secondary N) is 2. The van der Waals surface area contributed by atoms with E-state index in [1.54, 1.807) is 12.3 Å². The second kappa shape index (κ2) is 10.3. The zero-order chi connectivity index (χ0) is 30.6. The Balaban J connectivity index is 1.54. The minimum absolute atomic E-state index is 0.0280. The number of fused-ring (bicyclic) bond motifs is 2. The summed E-state index contributed by atoms with van der Waals surface area (Å²) in [6.07, 6.45) is -2.02. The summed E-state index contributed by atoms with van der Waals surface area (Å²) in [5.41, 5.74) is -0.376. The van der Waals surface area contributed by atoms with Crippen LogP contribution < -0.4 is 15.4 Å². The molecule has 6 rings (SSSR count). The van der Waals surface area contributed by atoms with Crippen molar-refractivity contribution >= 4 is 34.7 Å². The third-order valence-corrected chi connectivity index (χ3v) is 7.25. The van der Waals surface area contributed by atoms with Gasteiger partial charge in [-0.3, -0.25) is 9.59 Å². The molecule has 0 saturated carbocycles. The normalized spacial score (nSPS) is 14.5. The topological polar surface area (TPSA) is 97.6 Å². The Labute approximate surface area is 244 Å². The summed E-state index contributed by atoms with van der Waals surface area (Å²) >= 11 is 6.35. The SMILES string of the molecule is COc1cc2ncnn2cc1-c1cc(NC(=O)c2cc(F)cc(C(F)(F)F)c2)c2c(c1)C(=O)NC2c1cc(F)ccc1Cl. The first-order valence-electron chi connectivity index (χ1n) is 12.4. The number of carbonyl (C=O) groups excluding carboxylic acids is 2. The number of aromatic nitrogens is 3. The number of rotatable bonds is 5. The van der Waals surface area contributed by atoms with Gasteiger partial charge in [0.25, 0.3) is 11.8 Å². The predicted octanol–water partition coefficient (Wildman–Crippen LogP) is 6.44. The van der Waals surface area contributed by atoms with E-state index < -0.39 is 46.8 Å². The van der Waals surface area contributed by atoms with Crippen LogP contribution in [0.15, 0.2) is 67.1 Å². The summed E-state index contributed by atoms with van der Waals surface area (Å²) < 4.78 is 75.4. The van der Waals surface area contributed by atoms with Gasteiger partial charge < -0.3 is 15.4 Å². The molecule has 0 bridgehead atoms. The van der Waals surface area contributed by atoms with Gasteiger partial charge in [0.2, 0.25) is 0 Å². The third-order valence-electron chi connectivity index (χ3n) is 6.90. The molecule has 0 fully saturated rings.